The molecule has 1 aliphatic heterocycles. The van der Waals surface area contributed by atoms with Gasteiger partial charge in [-0.3, -0.25) is 9.52 Å². The van der Waals surface area contributed by atoms with Gasteiger partial charge in [-0.05, 0) is 29.6 Å². The molecule has 23 heavy (non-hydrogen) atoms. The Morgan fingerprint density at radius 3 is 2.61 bits per heavy atom. The van der Waals surface area contributed by atoms with Crippen LogP contribution in [0.3, 0.4) is 0 Å². The van der Waals surface area contributed by atoms with Crippen molar-refractivity contribution in [2.45, 2.75) is 5.75 Å². The maximum Gasteiger partial charge on any atom is 0.281 e. The van der Waals surface area contributed by atoms with Crippen LogP contribution >= 0.6 is 11.9 Å². The predicted octanol–water partition coefficient (Wildman–Crippen LogP) is 1.46. The Labute approximate surface area is 139 Å². The Morgan fingerprint density at radius 1 is 1.13 bits per heavy atom. The number of rotatable bonds is 5. The van der Waals surface area contributed by atoms with Crippen LogP contribution < -0.4 is 14.9 Å². The van der Waals surface area contributed by atoms with Gasteiger partial charge in [0.25, 0.3) is 5.91 Å². The van der Waals surface area contributed by atoms with Crippen molar-refractivity contribution in [1.29, 1.82) is 0 Å². The number of aromatic nitrogens is 2. The van der Waals surface area contributed by atoms with Gasteiger partial charge in [-0.25, -0.2) is 0 Å². The zero-order valence-electron chi connectivity index (χ0n) is 12.7. The first-order valence-corrected chi connectivity index (χ1v) is 8.57. The number of hydrogen-bond acceptors (Lipinski definition) is 6. The van der Waals surface area contributed by atoms with Gasteiger partial charge in [0, 0.05) is 31.9 Å². The maximum atomic E-state index is 12.1. The highest BCUT2D eigenvalue weighted by Gasteiger charge is 2.14. The molecule has 6 nitrogen and oxygen atoms in total. The predicted molar refractivity (Wildman–Crippen MR) is 92.3 cm³/mol. The van der Waals surface area contributed by atoms with Crippen molar-refractivity contribution in [3.63, 3.8) is 0 Å². The van der Waals surface area contributed by atoms with E-state index in [0.29, 0.717) is 5.69 Å². The largest absolute Gasteiger partial charge is 0.353 e. The second kappa shape index (κ2) is 7.94. The summed E-state index contributed by atoms with van der Waals surface area (Å²) in [7, 11) is 0. The molecule has 1 amide bonds. The number of carbonyl (C=O) groups excluding carboxylic acids is 1. The topological polar surface area (TPSA) is 70.2 Å². The van der Waals surface area contributed by atoms with Crippen LogP contribution in [-0.2, 0) is 5.75 Å². The average molecular weight is 329 g/mol. The second-order valence-electron chi connectivity index (χ2n) is 5.22. The van der Waals surface area contributed by atoms with E-state index < -0.39 is 0 Å². The molecule has 2 N–H and O–H groups in total. The van der Waals surface area contributed by atoms with Gasteiger partial charge < -0.3 is 10.2 Å². The van der Waals surface area contributed by atoms with E-state index in [1.807, 2.05) is 36.4 Å². The number of nitrogens with one attached hydrogen (secondary N) is 2. The summed E-state index contributed by atoms with van der Waals surface area (Å²) in [6.45, 7) is 3.71. The molecule has 7 heteroatoms. The molecule has 1 saturated heterocycles. The molecule has 3 rings (SSSR count). The van der Waals surface area contributed by atoms with Crippen LogP contribution in [0.25, 0.3) is 0 Å². The molecule has 2 heterocycles. The van der Waals surface area contributed by atoms with Crippen molar-refractivity contribution in [2.75, 3.05) is 31.1 Å². The van der Waals surface area contributed by atoms with Crippen molar-refractivity contribution in [1.82, 2.24) is 20.2 Å². The molecule has 120 valence electrons. The molecule has 0 saturated carbocycles. The Hall–Kier alpha value is -2.12. The summed E-state index contributed by atoms with van der Waals surface area (Å²) in [5, 5.41) is 11.5. The summed E-state index contributed by atoms with van der Waals surface area (Å²) in [5.74, 6) is 1.32. The Balaban J connectivity index is 1.51. The highest BCUT2D eigenvalue weighted by molar-refractivity contribution is 7.97. The molecule has 0 unspecified atom stereocenters. The molecular weight excluding hydrogens is 310 g/mol. The van der Waals surface area contributed by atoms with Crippen molar-refractivity contribution in [3.05, 3.63) is 53.7 Å². The average Bonchev–Trinajstić information content (AvgIpc) is 2.63. The SMILES string of the molecule is O=C(NSCc1ccccc1)c1ccc(N2CCNCC2)nn1. The number of benzene rings is 1. The van der Waals surface area contributed by atoms with Gasteiger partial charge >= 0.3 is 0 Å². The number of piperazine rings is 1. The highest BCUT2D eigenvalue weighted by atomic mass is 32.2. The number of amides is 1. The first-order chi connectivity index (χ1) is 11.3. The quantitative estimate of drug-likeness (QED) is 0.810. The minimum Gasteiger partial charge on any atom is -0.353 e. The van der Waals surface area contributed by atoms with Crippen LogP contribution in [0.5, 0.6) is 0 Å². The smallest absolute Gasteiger partial charge is 0.281 e. The van der Waals surface area contributed by atoms with E-state index in [4.69, 9.17) is 0 Å². The van der Waals surface area contributed by atoms with Gasteiger partial charge in [0.15, 0.2) is 11.5 Å². The van der Waals surface area contributed by atoms with Crippen LogP contribution in [0.2, 0.25) is 0 Å². The summed E-state index contributed by atoms with van der Waals surface area (Å²) in [6, 6.07) is 13.6. The van der Waals surface area contributed by atoms with E-state index in [9.17, 15) is 4.79 Å². The fourth-order valence-corrected chi connectivity index (χ4v) is 2.99. The van der Waals surface area contributed by atoms with Gasteiger partial charge in [-0.2, -0.15) is 0 Å². The Bertz CT molecular complexity index is 629. The van der Waals surface area contributed by atoms with Crippen LogP contribution in [0.15, 0.2) is 42.5 Å². The normalized spacial score (nSPS) is 14.5. The first-order valence-electron chi connectivity index (χ1n) is 7.58. The summed E-state index contributed by atoms with van der Waals surface area (Å²) in [5.41, 5.74) is 1.50. The minimum atomic E-state index is -0.217. The molecule has 1 aliphatic rings. The van der Waals surface area contributed by atoms with Crippen LogP contribution in [0.4, 0.5) is 5.82 Å². The molecule has 0 spiro atoms. The molecule has 1 aromatic carbocycles. The Morgan fingerprint density at radius 2 is 1.91 bits per heavy atom. The minimum absolute atomic E-state index is 0.217. The monoisotopic (exact) mass is 329 g/mol. The number of nitrogens with zero attached hydrogens (tertiary/aromatic N) is 3. The van der Waals surface area contributed by atoms with Crippen LogP contribution in [0.1, 0.15) is 16.1 Å². The van der Waals surface area contributed by atoms with Crippen molar-refractivity contribution in [3.8, 4) is 0 Å². The van der Waals surface area contributed by atoms with Crippen molar-refractivity contribution < 1.29 is 4.79 Å². The molecule has 1 aromatic heterocycles. The fourth-order valence-electron chi connectivity index (χ4n) is 2.32. The molecule has 0 aliphatic carbocycles. The lowest BCUT2D eigenvalue weighted by atomic mass is 10.2. The lowest BCUT2D eigenvalue weighted by Crippen LogP contribution is -2.44. The van der Waals surface area contributed by atoms with Gasteiger partial charge in [0.2, 0.25) is 0 Å². The standard InChI is InChI=1S/C16H19N5OS/c22-16(20-23-12-13-4-2-1-3-5-13)14-6-7-15(19-18-14)21-10-8-17-9-11-21/h1-7,17H,8-12H2,(H,20,22). The zero-order chi connectivity index (χ0) is 15.9. The third kappa shape index (κ3) is 4.43. The third-order valence-corrected chi connectivity index (χ3v) is 4.38. The molecule has 2 aromatic rings. The second-order valence-corrected chi connectivity index (χ2v) is 6.00. The third-order valence-electron chi connectivity index (χ3n) is 3.57. The molecule has 0 atom stereocenters. The lowest BCUT2D eigenvalue weighted by molar-refractivity contribution is 0.0978. The zero-order valence-corrected chi connectivity index (χ0v) is 13.6. The number of carbonyl (C=O) groups is 1. The van der Waals surface area contributed by atoms with Crippen molar-refractivity contribution in [2.24, 2.45) is 0 Å². The molecule has 0 radical (unpaired) electrons. The number of hydrogen-bond donors (Lipinski definition) is 2. The lowest BCUT2D eigenvalue weighted by Gasteiger charge is -2.27. The number of anilines is 1. The summed E-state index contributed by atoms with van der Waals surface area (Å²) in [4.78, 5) is 14.2. The fraction of sp³-hybridized carbons (Fsp3) is 0.312. The highest BCUT2D eigenvalue weighted by Crippen LogP contribution is 2.12. The van der Waals surface area contributed by atoms with Crippen LogP contribution in [-0.4, -0.2) is 42.3 Å². The molecule has 0 bridgehead atoms. The Kier molecular flexibility index (Phi) is 5.44. The summed E-state index contributed by atoms with van der Waals surface area (Å²) >= 11 is 1.36. The van der Waals surface area contributed by atoms with Crippen LogP contribution in [0, 0.1) is 0 Å². The van der Waals surface area contributed by atoms with Gasteiger partial charge in [-0.1, -0.05) is 30.3 Å². The van der Waals surface area contributed by atoms with E-state index in [1.165, 1.54) is 11.9 Å². The van der Waals surface area contributed by atoms with Gasteiger partial charge in [-0.15, -0.1) is 10.2 Å². The van der Waals surface area contributed by atoms with E-state index in [2.05, 4.69) is 25.1 Å². The van der Waals surface area contributed by atoms with Gasteiger partial charge in [0.05, 0.1) is 0 Å². The van der Waals surface area contributed by atoms with E-state index >= 15 is 0 Å². The molecule has 1 fully saturated rings. The van der Waals surface area contributed by atoms with Gasteiger partial charge in [0.1, 0.15) is 0 Å². The van der Waals surface area contributed by atoms with E-state index in [-0.39, 0.29) is 5.91 Å². The summed E-state index contributed by atoms with van der Waals surface area (Å²) in [6.07, 6.45) is 0. The van der Waals surface area contributed by atoms with Crippen molar-refractivity contribution >= 4 is 23.7 Å². The van der Waals surface area contributed by atoms with E-state index in [1.54, 1.807) is 6.07 Å². The molecular formula is C16H19N5OS. The maximum absolute atomic E-state index is 12.1. The first kappa shape index (κ1) is 15.8. The summed E-state index contributed by atoms with van der Waals surface area (Å²) < 4.78 is 2.80. The van der Waals surface area contributed by atoms with E-state index in [0.717, 1.165) is 43.3 Å².